The van der Waals surface area contributed by atoms with Crippen molar-refractivity contribution < 1.29 is 17.9 Å². The summed E-state index contributed by atoms with van der Waals surface area (Å²) in [5, 5.41) is 3.30. The van der Waals surface area contributed by atoms with Gasteiger partial charge in [-0.05, 0) is 75.2 Å². The Balaban J connectivity index is 1.92. The van der Waals surface area contributed by atoms with Crippen LogP contribution in [0.5, 0.6) is 0 Å². The van der Waals surface area contributed by atoms with Crippen LogP contribution in [0.1, 0.15) is 11.1 Å². The fourth-order valence-corrected chi connectivity index (χ4v) is 5.82. The van der Waals surface area contributed by atoms with Gasteiger partial charge in [-0.1, -0.05) is 37.3 Å². The molecule has 3 rings (SSSR count). The third kappa shape index (κ3) is 6.37. The molecule has 0 aliphatic carbocycles. The molecule has 0 fully saturated rings. The standard InChI is InChI=1S/C23H26Br2N2O4SSi/c1-16-5-7-18(8-6-16)32(29,30)27-15-17(19-13-20(24)21(25)14-22(19)27)9-10-26-23(28)31-11-12-33(2,3)4/h5-10,13-15H,11-12H2,1-4H3,(H,26,28)/b10-9-. The lowest BCUT2D eigenvalue weighted by Gasteiger charge is -2.14. The highest BCUT2D eigenvalue weighted by atomic mass is 79.9. The molecule has 1 amide bonds. The number of rotatable bonds is 7. The lowest BCUT2D eigenvalue weighted by atomic mass is 10.2. The van der Waals surface area contributed by atoms with Gasteiger partial charge in [-0.15, -0.1) is 0 Å². The summed E-state index contributed by atoms with van der Waals surface area (Å²) in [6, 6.07) is 11.2. The maximum Gasteiger partial charge on any atom is 0.411 e. The zero-order chi connectivity index (χ0) is 24.4. The molecule has 33 heavy (non-hydrogen) atoms. The number of hydrogen-bond acceptors (Lipinski definition) is 4. The van der Waals surface area contributed by atoms with Gasteiger partial charge in [0, 0.05) is 40.4 Å². The van der Waals surface area contributed by atoms with Gasteiger partial charge in [0.1, 0.15) is 0 Å². The molecule has 0 aliphatic heterocycles. The van der Waals surface area contributed by atoms with E-state index in [1.807, 2.05) is 13.0 Å². The highest BCUT2D eigenvalue weighted by Crippen LogP contribution is 2.34. The fraction of sp³-hybridized carbons (Fsp3) is 0.261. The van der Waals surface area contributed by atoms with E-state index in [0.717, 1.165) is 20.6 Å². The van der Waals surface area contributed by atoms with Crippen LogP contribution in [0, 0.1) is 6.92 Å². The van der Waals surface area contributed by atoms with Crippen LogP contribution in [0.15, 0.2) is 62.6 Å². The number of fused-ring (bicyclic) bond motifs is 1. The number of ether oxygens (including phenoxy) is 1. The molecule has 2 aromatic carbocycles. The summed E-state index contributed by atoms with van der Waals surface area (Å²) in [4.78, 5) is 12.2. The van der Waals surface area contributed by atoms with Crippen LogP contribution in [-0.4, -0.2) is 33.2 Å². The first-order valence-corrected chi connectivity index (χ1v) is 17.0. The van der Waals surface area contributed by atoms with Gasteiger partial charge in [-0.3, -0.25) is 5.32 Å². The molecule has 0 unspecified atom stereocenters. The highest BCUT2D eigenvalue weighted by Gasteiger charge is 2.21. The SMILES string of the molecule is Cc1ccc(S(=O)(=O)n2cc(/C=C\NC(=O)OCC[Si](C)(C)C)c3cc(Br)c(Br)cc32)cc1. The molecule has 1 aromatic heterocycles. The third-order valence-corrected chi connectivity index (χ3v) is 10.2. The van der Waals surface area contributed by atoms with Crippen molar-refractivity contribution in [3.8, 4) is 0 Å². The minimum absolute atomic E-state index is 0.198. The number of benzene rings is 2. The first kappa shape index (κ1) is 25.7. The van der Waals surface area contributed by atoms with E-state index in [0.29, 0.717) is 23.1 Å². The predicted molar refractivity (Wildman–Crippen MR) is 143 cm³/mol. The van der Waals surface area contributed by atoms with Gasteiger partial charge in [-0.25, -0.2) is 17.2 Å². The third-order valence-electron chi connectivity index (χ3n) is 4.97. The molecule has 0 saturated carbocycles. The van der Waals surface area contributed by atoms with Gasteiger partial charge in [0.2, 0.25) is 0 Å². The average Bonchev–Trinajstić information content (AvgIpc) is 3.06. The second kappa shape index (κ2) is 10.2. The van der Waals surface area contributed by atoms with E-state index in [1.54, 1.807) is 42.6 Å². The Labute approximate surface area is 212 Å². The van der Waals surface area contributed by atoms with Crippen LogP contribution < -0.4 is 5.32 Å². The summed E-state index contributed by atoms with van der Waals surface area (Å²) in [5.41, 5.74) is 2.13. The van der Waals surface area contributed by atoms with Crippen LogP contribution in [-0.2, 0) is 14.8 Å². The van der Waals surface area contributed by atoms with Crippen molar-refractivity contribution in [3.63, 3.8) is 0 Å². The number of hydrogen-bond donors (Lipinski definition) is 1. The van der Waals surface area contributed by atoms with Crippen molar-refractivity contribution in [2.45, 2.75) is 37.5 Å². The van der Waals surface area contributed by atoms with E-state index < -0.39 is 24.2 Å². The summed E-state index contributed by atoms with van der Waals surface area (Å²) >= 11 is 6.94. The van der Waals surface area contributed by atoms with Crippen molar-refractivity contribution in [3.05, 3.63) is 68.9 Å². The Bertz CT molecular complexity index is 1310. The van der Waals surface area contributed by atoms with Crippen LogP contribution in [0.25, 0.3) is 17.0 Å². The van der Waals surface area contributed by atoms with E-state index in [-0.39, 0.29) is 4.90 Å². The summed E-state index contributed by atoms with van der Waals surface area (Å²) in [6.45, 7) is 8.92. The number of nitrogens with zero attached hydrogens (tertiary/aromatic N) is 1. The summed E-state index contributed by atoms with van der Waals surface area (Å²) < 4.78 is 34.8. The Hall–Kier alpha value is -1.88. The molecule has 3 aromatic rings. The largest absolute Gasteiger partial charge is 0.450 e. The summed E-state index contributed by atoms with van der Waals surface area (Å²) in [5.74, 6) is 0. The van der Waals surface area contributed by atoms with Gasteiger partial charge in [0.05, 0.1) is 17.0 Å². The highest BCUT2D eigenvalue weighted by molar-refractivity contribution is 9.13. The van der Waals surface area contributed by atoms with Crippen LogP contribution in [0.3, 0.4) is 0 Å². The predicted octanol–water partition coefficient (Wildman–Crippen LogP) is 6.75. The maximum absolute atomic E-state index is 13.4. The van der Waals surface area contributed by atoms with E-state index in [9.17, 15) is 13.2 Å². The molecular formula is C23H26Br2N2O4SSi. The van der Waals surface area contributed by atoms with Crippen molar-refractivity contribution in [1.82, 2.24) is 9.29 Å². The zero-order valence-corrected chi connectivity index (χ0v) is 23.8. The maximum atomic E-state index is 13.4. The number of nitrogens with one attached hydrogen (secondary N) is 1. The average molecular weight is 614 g/mol. The number of alkyl carbamates (subject to hydrolysis) is 1. The first-order chi connectivity index (χ1) is 15.4. The van der Waals surface area contributed by atoms with E-state index in [1.165, 1.54) is 10.2 Å². The van der Waals surface area contributed by atoms with Crippen molar-refractivity contribution >= 4 is 73.0 Å². The normalized spacial score (nSPS) is 12.4. The molecule has 0 saturated heterocycles. The van der Waals surface area contributed by atoms with Crippen molar-refractivity contribution in [1.29, 1.82) is 0 Å². The Morgan fingerprint density at radius 3 is 2.39 bits per heavy atom. The van der Waals surface area contributed by atoms with Gasteiger partial charge >= 0.3 is 6.09 Å². The van der Waals surface area contributed by atoms with Gasteiger partial charge < -0.3 is 4.74 Å². The summed E-state index contributed by atoms with van der Waals surface area (Å²) in [7, 11) is -5.11. The Kier molecular flexibility index (Phi) is 7.93. The van der Waals surface area contributed by atoms with Crippen molar-refractivity contribution in [2.24, 2.45) is 0 Å². The molecule has 6 nitrogen and oxygen atoms in total. The van der Waals surface area contributed by atoms with Crippen LogP contribution in [0.2, 0.25) is 25.7 Å². The minimum Gasteiger partial charge on any atom is -0.450 e. The lowest BCUT2D eigenvalue weighted by Crippen LogP contribution is -2.25. The van der Waals surface area contributed by atoms with Crippen LogP contribution in [0.4, 0.5) is 4.79 Å². The lowest BCUT2D eigenvalue weighted by molar-refractivity contribution is 0.156. The number of amides is 1. The molecule has 176 valence electrons. The topological polar surface area (TPSA) is 77.4 Å². The zero-order valence-electron chi connectivity index (χ0n) is 18.9. The van der Waals surface area contributed by atoms with E-state index in [4.69, 9.17) is 4.74 Å². The van der Waals surface area contributed by atoms with E-state index in [2.05, 4.69) is 56.8 Å². The molecule has 1 heterocycles. The quantitative estimate of drug-likeness (QED) is 0.299. The number of carbonyl (C=O) groups excluding carboxylic acids is 1. The smallest absolute Gasteiger partial charge is 0.411 e. The Morgan fingerprint density at radius 2 is 1.76 bits per heavy atom. The van der Waals surface area contributed by atoms with Gasteiger partial charge in [0.15, 0.2) is 0 Å². The minimum atomic E-state index is -3.82. The molecular weight excluding hydrogens is 588 g/mol. The number of halogens is 2. The number of aromatic nitrogens is 1. The fourth-order valence-electron chi connectivity index (χ4n) is 3.06. The number of aryl methyl sites for hydroxylation is 1. The van der Waals surface area contributed by atoms with Gasteiger partial charge in [-0.2, -0.15) is 0 Å². The molecule has 0 radical (unpaired) electrons. The second-order valence-electron chi connectivity index (χ2n) is 8.91. The molecule has 0 spiro atoms. The molecule has 0 aliphatic rings. The first-order valence-electron chi connectivity index (χ1n) is 10.3. The summed E-state index contributed by atoms with van der Waals surface area (Å²) in [6.07, 6.45) is 4.13. The van der Waals surface area contributed by atoms with E-state index >= 15 is 0 Å². The Morgan fingerprint density at radius 1 is 1.12 bits per heavy atom. The van der Waals surface area contributed by atoms with Crippen molar-refractivity contribution in [2.75, 3.05) is 6.61 Å². The second-order valence-corrected chi connectivity index (χ2v) is 18.1. The molecule has 10 heteroatoms. The van der Waals surface area contributed by atoms with Crippen LogP contribution >= 0.6 is 31.9 Å². The molecule has 0 bridgehead atoms. The molecule has 1 N–H and O–H groups in total. The monoisotopic (exact) mass is 612 g/mol. The van der Waals surface area contributed by atoms with Gasteiger partial charge in [0.25, 0.3) is 10.0 Å². The molecule has 0 atom stereocenters. The number of carbonyl (C=O) groups is 1.